The van der Waals surface area contributed by atoms with Crippen LogP contribution in [0, 0.1) is 5.82 Å². The second-order valence-corrected chi connectivity index (χ2v) is 6.94. The third-order valence-electron chi connectivity index (χ3n) is 2.47. The van der Waals surface area contributed by atoms with Gasteiger partial charge in [-0.3, -0.25) is 0 Å². The van der Waals surface area contributed by atoms with Crippen LogP contribution in [0.5, 0.6) is 0 Å². The molecule has 0 saturated heterocycles. The number of nitrogens with one attached hydrogen (secondary N) is 1. The molecule has 0 bridgehead atoms. The number of pyridine rings is 1. The summed E-state index contributed by atoms with van der Waals surface area (Å²) in [6, 6.07) is 6.84. The van der Waals surface area contributed by atoms with Crippen LogP contribution in [0.1, 0.15) is 5.56 Å². The number of aromatic nitrogens is 1. The molecule has 0 unspecified atom stereocenters. The molecule has 0 aliphatic carbocycles. The summed E-state index contributed by atoms with van der Waals surface area (Å²) in [6.45, 7) is -0.159. The molecule has 0 spiro atoms. The zero-order valence-electron chi connectivity index (χ0n) is 9.98. The fourth-order valence-corrected chi connectivity index (χ4v) is 3.15. The maximum absolute atomic E-state index is 13.5. The monoisotopic (exact) mass is 378 g/mol. The minimum absolute atomic E-state index is 0.0205. The lowest BCUT2D eigenvalue weighted by Gasteiger charge is -2.08. The van der Waals surface area contributed by atoms with Gasteiger partial charge in [0, 0.05) is 22.8 Å². The topological polar surface area (TPSA) is 59.1 Å². The summed E-state index contributed by atoms with van der Waals surface area (Å²) in [7, 11) is -3.77. The lowest BCUT2D eigenvalue weighted by Crippen LogP contribution is -2.23. The van der Waals surface area contributed by atoms with E-state index in [-0.39, 0.29) is 22.2 Å². The number of halogens is 3. The largest absolute Gasteiger partial charge is 0.244 e. The van der Waals surface area contributed by atoms with Crippen molar-refractivity contribution in [3.63, 3.8) is 0 Å². The van der Waals surface area contributed by atoms with Gasteiger partial charge in [-0.05, 0) is 30.3 Å². The maximum Gasteiger partial charge on any atom is 0.241 e. The number of hydrogen-bond acceptors (Lipinski definition) is 3. The van der Waals surface area contributed by atoms with Crippen LogP contribution < -0.4 is 4.72 Å². The van der Waals surface area contributed by atoms with E-state index in [1.807, 2.05) is 0 Å². The first-order valence-corrected chi connectivity index (χ1v) is 8.09. The average molecular weight is 380 g/mol. The molecular weight excluding hydrogens is 371 g/mol. The minimum Gasteiger partial charge on any atom is -0.244 e. The van der Waals surface area contributed by atoms with Crippen molar-refractivity contribution in [2.75, 3.05) is 0 Å². The first-order valence-electron chi connectivity index (χ1n) is 5.43. The molecular formula is C12H9BrClFN2O2S. The second-order valence-electron chi connectivity index (χ2n) is 3.87. The summed E-state index contributed by atoms with van der Waals surface area (Å²) >= 11 is 8.85. The molecule has 2 aromatic rings. The van der Waals surface area contributed by atoms with Crippen molar-refractivity contribution in [3.05, 3.63) is 57.5 Å². The smallest absolute Gasteiger partial charge is 0.241 e. The highest BCUT2D eigenvalue weighted by atomic mass is 79.9. The highest BCUT2D eigenvalue weighted by Gasteiger charge is 2.15. The Morgan fingerprint density at radius 2 is 2.05 bits per heavy atom. The van der Waals surface area contributed by atoms with Crippen molar-refractivity contribution >= 4 is 37.6 Å². The van der Waals surface area contributed by atoms with Crippen LogP contribution in [0.4, 0.5) is 4.39 Å². The molecule has 0 aliphatic rings. The number of nitrogens with zero attached hydrogens (tertiary/aromatic N) is 1. The van der Waals surface area contributed by atoms with Gasteiger partial charge in [0.25, 0.3) is 0 Å². The van der Waals surface area contributed by atoms with Crippen molar-refractivity contribution in [2.45, 2.75) is 11.4 Å². The van der Waals surface area contributed by atoms with Gasteiger partial charge < -0.3 is 0 Å². The summed E-state index contributed by atoms with van der Waals surface area (Å²) in [5.74, 6) is -0.483. The van der Waals surface area contributed by atoms with Gasteiger partial charge in [0.1, 0.15) is 11.0 Å². The van der Waals surface area contributed by atoms with E-state index in [0.29, 0.717) is 4.47 Å². The van der Waals surface area contributed by atoms with Crippen LogP contribution >= 0.6 is 27.5 Å². The molecule has 20 heavy (non-hydrogen) atoms. The van der Waals surface area contributed by atoms with Gasteiger partial charge in [-0.1, -0.05) is 27.5 Å². The molecule has 0 saturated carbocycles. The first kappa shape index (κ1) is 15.4. The first-order chi connectivity index (χ1) is 9.38. The van der Waals surface area contributed by atoms with Crippen LogP contribution in [0.25, 0.3) is 0 Å². The van der Waals surface area contributed by atoms with Gasteiger partial charge in [-0.25, -0.2) is 22.5 Å². The summed E-state index contributed by atoms with van der Waals surface area (Å²) in [4.78, 5) is 3.68. The molecule has 106 valence electrons. The normalized spacial score (nSPS) is 11.6. The van der Waals surface area contributed by atoms with E-state index in [0.717, 1.165) is 0 Å². The fraction of sp³-hybridized carbons (Fsp3) is 0.0833. The van der Waals surface area contributed by atoms with Crippen molar-refractivity contribution in [1.82, 2.24) is 9.71 Å². The molecule has 0 atom stereocenters. The molecule has 4 nitrogen and oxygen atoms in total. The van der Waals surface area contributed by atoms with Gasteiger partial charge in [0.2, 0.25) is 10.0 Å². The Morgan fingerprint density at radius 1 is 1.30 bits per heavy atom. The van der Waals surface area contributed by atoms with Crippen LogP contribution in [0.15, 0.2) is 45.9 Å². The quantitative estimate of drug-likeness (QED) is 0.830. The van der Waals surface area contributed by atoms with E-state index in [1.165, 1.54) is 36.5 Å². The third kappa shape index (κ3) is 3.76. The maximum atomic E-state index is 13.5. The minimum atomic E-state index is -3.77. The molecule has 1 N–H and O–H groups in total. The number of sulfonamides is 1. The van der Waals surface area contributed by atoms with Crippen LogP contribution in [-0.2, 0) is 16.6 Å². The van der Waals surface area contributed by atoms with E-state index < -0.39 is 15.8 Å². The molecule has 1 aromatic carbocycles. The Kier molecular flexibility index (Phi) is 4.74. The van der Waals surface area contributed by atoms with Gasteiger partial charge in [0.15, 0.2) is 0 Å². The molecule has 0 aliphatic heterocycles. The zero-order valence-corrected chi connectivity index (χ0v) is 13.1. The van der Waals surface area contributed by atoms with Gasteiger partial charge in [-0.2, -0.15) is 0 Å². The molecule has 1 aromatic heterocycles. The average Bonchev–Trinajstić information content (AvgIpc) is 2.40. The van der Waals surface area contributed by atoms with E-state index in [2.05, 4.69) is 25.6 Å². The Labute approximate surface area is 129 Å². The van der Waals surface area contributed by atoms with Crippen molar-refractivity contribution in [2.24, 2.45) is 0 Å². The summed E-state index contributed by atoms with van der Waals surface area (Å²) in [5.41, 5.74) is 0.239. The number of hydrogen-bond donors (Lipinski definition) is 1. The summed E-state index contributed by atoms with van der Waals surface area (Å²) in [6.07, 6.45) is 1.29. The summed E-state index contributed by atoms with van der Waals surface area (Å²) < 4.78 is 40.5. The van der Waals surface area contributed by atoms with E-state index >= 15 is 0 Å². The molecule has 0 radical (unpaired) electrons. The van der Waals surface area contributed by atoms with Crippen molar-refractivity contribution < 1.29 is 12.8 Å². The second kappa shape index (κ2) is 6.17. The van der Waals surface area contributed by atoms with Gasteiger partial charge in [0.05, 0.1) is 4.90 Å². The molecule has 0 fully saturated rings. The van der Waals surface area contributed by atoms with Gasteiger partial charge >= 0.3 is 0 Å². The highest BCUT2D eigenvalue weighted by Crippen LogP contribution is 2.17. The Bertz CT molecular complexity index is 740. The molecule has 2 rings (SSSR count). The van der Waals surface area contributed by atoms with Crippen molar-refractivity contribution in [1.29, 1.82) is 0 Å². The predicted molar refractivity (Wildman–Crippen MR) is 77.4 cm³/mol. The Hall–Kier alpha value is -1.02. The zero-order chi connectivity index (χ0) is 14.8. The number of rotatable bonds is 4. The SMILES string of the molecule is O=S(=O)(NCc1cc(Br)ccc1F)c1ccnc(Cl)c1. The lowest BCUT2D eigenvalue weighted by atomic mass is 10.2. The van der Waals surface area contributed by atoms with Crippen LogP contribution in [-0.4, -0.2) is 13.4 Å². The number of benzene rings is 1. The van der Waals surface area contributed by atoms with E-state index in [4.69, 9.17) is 11.6 Å². The van der Waals surface area contributed by atoms with Gasteiger partial charge in [-0.15, -0.1) is 0 Å². The van der Waals surface area contributed by atoms with E-state index in [9.17, 15) is 12.8 Å². The standard InChI is InChI=1S/C12H9BrClFN2O2S/c13-9-1-2-11(15)8(5-9)7-17-20(18,19)10-3-4-16-12(14)6-10/h1-6,17H,7H2. The third-order valence-corrected chi connectivity index (χ3v) is 4.57. The van der Waals surface area contributed by atoms with Crippen LogP contribution in [0.2, 0.25) is 5.15 Å². The van der Waals surface area contributed by atoms with E-state index in [1.54, 1.807) is 0 Å². The highest BCUT2D eigenvalue weighted by molar-refractivity contribution is 9.10. The predicted octanol–water partition coefficient (Wildman–Crippen LogP) is 3.12. The van der Waals surface area contributed by atoms with Crippen LogP contribution in [0.3, 0.4) is 0 Å². The molecule has 1 heterocycles. The molecule has 0 amide bonds. The van der Waals surface area contributed by atoms with Crippen molar-refractivity contribution in [3.8, 4) is 0 Å². The Morgan fingerprint density at radius 3 is 2.75 bits per heavy atom. The fourth-order valence-electron chi connectivity index (χ4n) is 1.49. The molecule has 8 heteroatoms. The Balaban J connectivity index is 2.19. The summed E-state index contributed by atoms with van der Waals surface area (Å²) in [5, 5.41) is 0.0708. The lowest BCUT2D eigenvalue weighted by molar-refractivity contribution is 0.574.